The minimum absolute atomic E-state index is 0.0202. The van der Waals surface area contributed by atoms with Crippen LogP contribution < -0.4 is 14.9 Å². The average molecular weight is 622 g/mol. The summed E-state index contributed by atoms with van der Waals surface area (Å²) in [5.74, 6) is -5.49. The fourth-order valence-electron chi connectivity index (χ4n) is 4.71. The van der Waals surface area contributed by atoms with E-state index in [0.29, 0.717) is 0 Å². The van der Waals surface area contributed by atoms with E-state index in [1.807, 2.05) is 0 Å². The molecule has 2 aliphatic rings. The van der Waals surface area contributed by atoms with Crippen molar-refractivity contribution in [3.05, 3.63) is 52.7 Å². The number of para-hydroxylation sites is 1. The molecule has 3 aromatic rings. The molecule has 5 rings (SSSR count). The van der Waals surface area contributed by atoms with Crippen molar-refractivity contribution in [3.8, 4) is 28.6 Å². The number of hydrogen-bond acceptors (Lipinski definition) is 15. The molecule has 2 aliphatic heterocycles. The van der Waals surface area contributed by atoms with E-state index >= 15 is 0 Å². The summed E-state index contributed by atoms with van der Waals surface area (Å²) in [5.41, 5.74) is -0.878. The number of carboxylic acids is 2. The molecule has 44 heavy (non-hydrogen) atoms. The van der Waals surface area contributed by atoms with Gasteiger partial charge in [0.1, 0.15) is 42.2 Å². The van der Waals surface area contributed by atoms with Gasteiger partial charge in [-0.15, -0.1) is 0 Å². The lowest BCUT2D eigenvalue weighted by Gasteiger charge is -2.38. The van der Waals surface area contributed by atoms with Gasteiger partial charge in [-0.05, 0) is 30.3 Å². The van der Waals surface area contributed by atoms with Gasteiger partial charge in [0, 0.05) is 5.56 Å². The molecule has 1 aromatic heterocycles. The summed E-state index contributed by atoms with van der Waals surface area (Å²) >= 11 is 0. The number of aliphatic hydroxyl groups excluding tert-OH is 6. The molecule has 0 radical (unpaired) electrons. The van der Waals surface area contributed by atoms with Crippen molar-refractivity contribution in [2.75, 3.05) is 0 Å². The van der Waals surface area contributed by atoms with Crippen LogP contribution in [0.1, 0.15) is 0 Å². The number of aliphatic hydroxyl groups is 6. The molecule has 17 heteroatoms. The normalized spacial score (nSPS) is 32.2. The Morgan fingerprint density at radius 2 is 1.25 bits per heavy atom. The summed E-state index contributed by atoms with van der Waals surface area (Å²) in [6.07, 6.45) is -20.1. The fraction of sp³-hybridized carbons (Fsp3) is 0.370. The standard InChI is InChI=1S/C27H26O17/c28-10-6-5-8(7-12(10)41-26-18(34)14(30)16(32)22(43-26)24(36)37)20-21(13(29)9-3-1-2-4-11(9)40-20)42-27-19(35)15(31)17(33)23(44-27)25(38)39/h1-7,14-19,22-23,26-28,30-35H,(H,36,37)(H,38,39)/t14-,15-,16-,17-,18+,19+,22-,23-,26+,27+/m1/s1. The zero-order valence-electron chi connectivity index (χ0n) is 22.1. The van der Waals surface area contributed by atoms with Crippen molar-refractivity contribution < 1.29 is 78.9 Å². The Morgan fingerprint density at radius 3 is 1.82 bits per heavy atom. The SMILES string of the molecule is O=C(O)[C@@H]1O[C@H](Oc2cc(-c3oc4ccccc4c(=O)c3O[C@H]3O[C@@H](C(=O)O)[C@H](O)[C@@H](O)[C@@H]3O)ccc2O)[C@@H](O)[C@H](O)[C@H]1O. The van der Waals surface area contributed by atoms with Crippen LogP contribution in [0, 0.1) is 0 Å². The lowest BCUT2D eigenvalue weighted by Crippen LogP contribution is -2.61. The third-order valence-corrected chi connectivity index (χ3v) is 7.08. The van der Waals surface area contributed by atoms with Gasteiger partial charge < -0.3 is 69.3 Å². The zero-order valence-corrected chi connectivity index (χ0v) is 22.1. The molecular formula is C27H26O17. The second-order valence-electron chi connectivity index (χ2n) is 9.97. The van der Waals surface area contributed by atoms with Gasteiger partial charge in [-0.3, -0.25) is 4.79 Å². The highest BCUT2D eigenvalue weighted by molar-refractivity contribution is 5.82. The summed E-state index contributed by atoms with van der Waals surface area (Å²) in [6, 6.07) is 9.17. The van der Waals surface area contributed by atoms with Crippen LogP contribution in [0.2, 0.25) is 0 Å². The lowest BCUT2D eigenvalue weighted by molar-refractivity contribution is -0.271. The zero-order chi connectivity index (χ0) is 32.0. The molecule has 0 saturated carbocycles. The third kappa shape index (κ3) is 5.53. The number of aliphatic carboxylic acids is 2. The lowest BCUT2D eigenvalue weighted by atomic mass is 9.99. The van der Waals surface area contributed by atoms with Crippen LogP contribution in [0.15, 0.2) is 51.7 Å². The summed E-state index contributed by atoms with van der Waals surface area (Å²) in [5, 5.41) is 90.1. The second-order valence-corrected chi connectivity index (χ2v) is 9.97. The van der Waals surface area contributed by atoms with Crippen molar-refractivity contribution >= 4 is 22.9 Å². The smallest absolute Gasteiger partial charge is 0.335 e. The minimum atomic E-state index is -2.05. The first kappa shape index (κ1) is 31.1. The molecule has 0 amide bonds. The van der Waals surface area contributed by atoms with E-state index in [9.17, 15) is 60.3 Å². The van der Waals surface area contributed by atoms with Crippen LogP contribution in [-0.2, 0) is 19.1 Å². The quantitative estimate of drug-likeness (QED) is 0.134. The molecule has 2 fully saturated rings. The maximum Gasteiger partial charge on any atom is 0.335 e. The number of carbonyl (C=O) groups is 2. The summed E-state index contributed by atoms with van der Waals surface area (Å²) < 4.78 is 27.1. The van der Waals surface area contributed by atoms with Gasteiger partial charge in [0.2, 0.25) is 23.8 Å². The van der Waals surface area contributed by atoms with Crippen molar-refractivity contribution in [2.45, 2.75) is 61.4 Å². The monoisotopic (exact) mass is 622 g/mol. The van der Waals surface area contributed by atoms with Crippen LogP contribution in [0.3, 0.4) is 0 Å². The molecule has 236 valence electrons. The highest BCUT2D eigenvalue weighted by atomic mass is 16.7. The van der Waals surface area contributed by atoms with Gasteiger partial charge in [-0.25, -0.2) is 9.59 Å². The Hall–Kier alpha value is -4.33. The Bertz CT molecular complexity index is 1620. The maximum absolute atomic E-state index is 13.6. The minimum Gasteiger partial charge on any atom is -0.504 e. The fourth-order valence-corrected chi connectivity index (χ4v) is 4.71. The maximum atomic E-state index is 13.6. The van der Waals surface area contributed by atoms with Gasteiger partial charge in [0.15, 0.2) is 29.5 Å². The highest BCUT2D eigenvalue weighted by Crippen LogP contribution is 2.39. The number of fused-ring (bicyclic) bond motifs is 1. The molecule has 10 atom stereocenters. The topological polar surface area (TPSA) is 283 Å². The third-order valence-electron chi connectivity index (χ3n) is 7.08. The summed E-state index contributed by atoms with van der Waals surface area (Å²) in [7, 11) is 0. The predicted molar refractivity (Wildman–Crippen MR) is 139 cm³/mol. The van der Waals surface area contributed by atoms with E-state index in [2.05, 4.69) is 0 Å². The number of ether oxygens (including phenoxy) is 4. The number of hydrogen-bond donors (Lipinski definition) is 9. The molecule has 2 saturated heterocycles. The molecule has 0 unspecified atom stereocenters. The van der Waals surface area contributed by atoms with Crippen LogP contribution in [-0.4, -0.2) is 119 Å². The van der Waals surface area contributed by atoms with E-state index in [-0.39, 0.29) is 22.3 Å². The molecule has 0 spiro atoms. The van der Waals surface area contributed by atoms with Crippen molar-refractivity contribution in [2.24, 2.45) is 0 Å². The van der Waals surface area contributed by atoms with E-state index in [1.54, 1.807) is 6.07 Å². The first-order valence-electron chi connectivity index (χ1n) is 12.9. The molecule has 0 aliphatic carbocycles. The van der Waals surface area contributed by atoms with Gasteiger partial charge in [-0.2, -0.15) is 0 Å². The molecule has 3 heterocycles. The highest BCUT2D eigenvalue weighted by Gasteiger charge is 2.49. The Morgan fingerprint density at radius 1 is 0.705 bits per heavy atom. The number of aromatic hydroxyl groups is 1. The van der Waals surface area contributed by atoms with Crippen molar-refractivity contribution in [3.63, 3.8) is 0 Å². The van der Waals surface area contributed by atoms with Crippen LogP contribution in [0.25, 0.3) is 22.3 Å². The van der Waals surface area contributed by atoms with E-state index in [4.69, 9.17) is 23.4 Å². The summed E-state index contributed by atoms with van der Waals surface area (Å²) in [4.78, 5) is 36.6. The first-order valence-corrected chi connectivity index (χ1v) is 12.9. The van der Waals surface area contributed by atoms with Gasteiger partial charge in [0.05, 0.1) is 5.39 Å². The Balaban J connectivity index is 1.56. The Kier molecular flexibility index (Phi) is 8.47. The number of carboxylic acid groups (broad SMARTS) is 2. The molecule has 17 nitrogen and oxygen atoms in total. The largest absolute Gasteiger partial charge is 0.504 e. The van der Waals surface area contributed by atoms with E-state index in [0.717, 1.165) is 12.1 Å². The first-order chi connectivity index (χ1) is 20.8. The van der Waals surface area contributed by atoms with E-state index < -0.39 is 96.0 Å². The molecular weight excluding hydrogens is 596 g/mol. The van der Waals surface area contributed by atoms with Crippen molar-refractivity contribution in [1.82, 2.24) is 0 Å². The van der Waals surface area contributed by atoms with Gasteiger partial charge >= 0.3 is 11.9 Å². The predicted octanol–water partition coefficient (Wildman–Crippen LogP) is -2.29. The molecule has 9 N–H and O–H groups in total. The summed E-state index contributed by atoms with van der Waals surface area (Å²) in [6.45, 7) is 0. The van der Waals surface area contributed by atoms with Crippen LogP contribution >= 0.6 is 0 Å². The second kappa shape index (κ2) is 12.0. The van der Waals surface area contributed by atoms with Crippen LogP contribution in [0.4, 0.5) is 0 Å². The number of phenols is 1. The average Bonchev–Trinajstić information content (AvgIpc) is 2.99. The van der Waals surface area contributed by atoms with E-state index in [1.165, 1.54) is 24.3 Å². The van der Waals surface area contributed by atoms with Crippen molar-refractivity contribution in [1.29, 1.82) is 0 Å². The van der Waals surface area contributed by atoms with Gasteiger partial charge in [-0.1, -0.05) is 12.1 Å². The molecule has 0 bridgehead atoms. The number of benzene rings is 2. The van der Waals surface area contributed by atoms with Crippen LogP contribution in [0.5, 0.6) is 17.2 Å². The molecule has 2 aromatic carbocycles. The van der Waals surface area contributed by atoms with Gasteiger partial charge in [0.25, 0.3) is 0 Å². The number of phenolic OH excluding ortho intramolecular Hbond substituents is 1. The Labute approximate surface area is 244 Å². The number of rotatable bonds is 7.